The number of benzene rings is 1. The molecule has 1 N–H and O–H groups in total. The number of hydrogen-bond donors (Lipinski definition) is 1. The van der Waals surface area contributed by atoms with Crippen molar-refractivity contribution in [2.24, 2.45) is 5.41 Å². The van der Waals surface area contributed by atoms with Crippen LogP contribution in [0.25, 0.3) is 0 Å². The summed E-state index contributed by atoms with van der Waals surface area (Å²) in [5.41, 5.74) is 2.72. The molecule has 0 saturated carbocycles. The highest BCUT2D eigenvalue weighted by Crippen LogP contribution is 2.30. The van der Waals surface area contributed by atoms with Crippen molar-refractivity contribution in [1.29, 1.82) is 0 Å². The molecule has 0 heterocycles. The van der Waals surface area contributed by atoms with E-state index in [1.807, 2.05) is 0 Å². The number of esters is 1. The lowest BCUT2D eigenvalue weighted by molar-refractivity contribution is 0.0222. The lowest BCUT2D eigenvalue weighted by atomic mass is 9.84. The number of ether oxygens (including phenoxy) is 1. The van der Waals surface area contributed by atoms with Gasteiger partial charge in [0.1, 0.15) is 11.9 Å². The van der Waals surface area contributed by atoms with Crippen LogP contribution < -0.4 is 0 Å². The zero-order valence-electron chi connectivity index (χ0n) is 15.4. The molecular formula is C22H28O3. The van der Waals surface area contributed by atoms with Crippen molar-refractivity contribution in [3.63, 3.8) is 0 Å². The molecule has 1 atom stereocenters. The molecule has 3 heteroatoms. The summed E-state index contributed by atoms with van der Waals surface area (Å²) in [6.45, 7) is 10.5. The van der Waals surface area contributed by atoms with Crippen LogP contribution in [0.3, 0.4) is 0 Å². The maximum Gasteiger partial charge on any atom is 0.338 e. The topological polar surface area (TPSA) is 46.5 Å². The summed E-state index contributed by atoms with van der Waals surface area (Å²) in [6, 6.07) is 6.16. The van der Waals surface area contributed by atoms with Gasteiger partial charge in [-0.25, -0.2) is 4.79 Å². The number of aromatic hydroxyl groups is 1. The number of carbonyl (C=O) groups excluding carboxylic acids is 1. The van der Waals surface area contributed by atoms with Crippen molar-refractivity contribution >= 4 is 5.97 Å². The van der Waals surface area contributed by atoms with Crippen LogP contribution in [0.2, 0.25) is 0 Å². The predicted molar refractivity (Wildman–Crippen MR) is 102 cm³/mol. The first-order valence-electron chi connectivity index (χ1n) is 8.78. The molecule has 1 aliphatic rings. The van der Waals surface area contributed by atoms with Gasteiger partial charge in [0.05, 0.1) is 5.56 Å². The van der Waals surface area contributed by atoms with E-state index in [4.69, 9.17) is 4.74 Å². The molecule has 0 radical (unpaired) electrons. The Labute approximate surface area is 150 Å². The molecule has 1 aliphatic carbocycles. The number of phenols is 1. The van der Waals surface area contributed by atoms with Gasteiger partial charge in [0, 0.05) is 6.42 Å². The summed E-state index contributed by atoms with van der Waals surface area (Å²) in [5, 5.41) is 9.36. The summed E-state index contributed by atoms with van der Waals surface area (Å²) in [6.07, 6.45) is 9.64. The Morgan fingerprint density at radius 1 is 1.28 bits per heavy atom. The Bertz CT molecular complexity index is 678. The molecule has 0 aromatic heterocycles. The molecular weight excluding hydrogens is 312 g/mol. The Balaban J connectivity index is 2.18. The molecule has 3 nitrogen and oxygen atoms in total. The molecule has 2 rings (SSSR count). The van der Waals surface area contributed by atoms with Gasteiger partial charge in [0.2, 0.25) is 0 Å². The van der Waals surface area contributed by atoms with Crippen molar-refractivity contribution in [2.75, 3.05) is 0 Å². The van der Waals surface area contributed by atoms with E-state index in [0.29, 0.717) is 5.56 Å². The van der Waals surface area contributed by atoms with Gasteiger partial charge in [-0.1, -0.05) is 49.8 Å². The second-order valence-electron chi connectivity index (χ2n) is 7.55. The number of allylic oxidation sites excluding steroid dienone is 4. The molecule has 0 amide bonds. The molecule has 0 bridgehead atoms. The molecule has 1 aromatic rings. The molecule has 1 unspecified atom stereocenters. The van der Waals surface area contributed by atoms with Crippen LogP contribution in [-0.2, 0) is 4.74 Å². The quantitative estimate of drug-likeness (QED) is 0.565. The second kappa shape index (κ2) is 8.19. The monoisotopic (exact) mass is 340 g/mol. The third-order valence-electron chi connectivity index (χ3n) is 4.41. The minimum Gasteiger partial charge on any atom is -0.508 e. The SMILES string of the molecule is C=C1C=CC(C)(C)CC(OC(=O)c2ccc(O)cc2)CC(C)=CCC1. The van der Waals surface area contributed by atoms with E-state index >= 15 is 0 Å². The smallest absolute Gasteiger partial charge is 0.338 e. The summed E-state index contributed by atoms with van der Waals surface area (Å²) in [5.74, 6) is -0.214. The third-order valence-corrected chi connectivity index (χ3v) is 4.41. The van der Waals surface area contributed by atoms with Crippen LogP contribution in [0.15, 0.2) is 60.2 Å². The van der Waals surface area contributed by atoms with Gasteiger partial charge in [-0.2, -0.15) is 0 Å². The van der Waals surface area contributed by atoms with E-state index in [9.17, 15) is 9.90 Å². The predicted octanol–water partition coefficient (Wildman–Crippen LogP) is 5.58. The van der Waals surface area contributed by atoms with Crippen LogP contribution in [0.4, 0.5) is 0 Å². The first-order valence-corrected chi connectivity index (χ1v) is 8.78. The van der Waals surface area contributed by atoms with Gasteiger partial charge < -0.3 is 9.84 Å². The normalized spacial score (nSPS) is 21.2. The average molecular weight is 340 g/mol. The van der Waals surface area contributed by atoms with Gasteiger partial charge in [-0.05, 0) is 55.9 Å². The molecule has 134 valence electrons. The first kappa shape index (κ1) is 19.0. The summed E-state index contributed by atoms with van der Waals surface area (Å²) >= 11 is 0. The highest BCUT2D eigenvalue weighted by Gasteiger charge is 2.25. The minimum absolute atomic E-state index is 0.0898. The fraction of sp³-hybridized carbons (Fsp3) is 0.409. The van der Waals surface area contributed by atoms with Gasteiger partial charge in [-0.15, -0.1) is 0 Å². The van der Waals surface area contributed by atoms with Crippen molar-refractivity contribution in [1.82, 2.24) is 0 Å². The Morgan fingerprint density at radius 2 is 1.96 bits per heavy atom. The zero-order valence-corrected chi connectivity index (χ0v) is 15.4. The van der Waals surface area contributed by atoms with Crippen molar-refractivity contribution in [3.8, 4) is 5.75 Å². The van der Waals surface area contributed by atoms with Gasteiger partial charge in [0.25, 0.3) is 0 Å². The molecule has 0 fully saturated rings. The van der Waals surface area contributed by atoms with Gasteiger partial charge >= 0.3 is 5.97 Å². The van der Waals surface area contributed by atoms with Crippen molar-refractivity contribution in [3.05, 3.63) is 65.8 Å². The zero-order chi connectivity index (χ0) is 18.4. The van der Waals surface area contributed by atoms with Crippen LogP contribution in [0, 0.1) is 5.41 Å². The van der Waals surface area contributed by atoms with Crippen LogP contribution in [0.5, 0.6) is 5.75 Å². The third kappa shape index (κ3) is 6.26. The molecule has 0 spiro atoms. The van der Waals surface area contributed by atoms with Crippen molar-refractivity contribution < 1.29 is 14.6 Å². The van der Waals surface area contributed by atoms with E-state index in [2.05, 4.69) is 45.6 Å². The Morgan fingerprint density at radius 3 is 2.64 bits per heavy atom. The highest BCUT2D eigenvalue weighted by atomic mass is 16.5. The average Bonchev–Trinajstić information content (AvgIpc) is 2.54. The maximum absolute atomic E-state index is 12.5. The summed E-state index contributed by atoms with van der Waals surface area (Å²) in [7, 11) is 0. The second-order valence-corrected chi connectivity index (χ2v) is 7.55. The maximum atomic E-state index is 12.5. The van der Waals surface area contributed by atoms with E-state index in [1.165, 1.54) is 17.7 Å². The fourth-order valence-corrected chi connectivity index (χ4v) is 3.00. The molecule has 25 heavy (non-hydrogen) atoms. The first-order chi connectivity index (χ1) is 11.7. The Kier molecular flexibility index (Phi) is 6.24. The van der Waals surface area contributed by atoms with Gasteiger partial charge in [-0.3, -0.25) is 0 Å². The largest absolute Gasteiger partial charge is 0.508 e. The van der Waals surface area contributed by atoms with E-state index in [0.717, 1.165) is 31.3 Å². The Hall–Kier alpha value is -2.29. The number of hydrogen-bond acceptors (Lipinski definition) is 3. The molecule has 0 aliphatic heterocycles. The number of phenolic OH excluding ortho intramolecular Hbond substituents is 1. The highest BCUT2D eigenvalue weighted by molar-refractivity contribution is 5.89. The summed E-state index contributed by atoms with van der Waals surface area (Å²) in [4.78, 5) is 12.5. The minimum atomic E-state index is -0.350. The number of carbonyl (C=O) groups is 1. The van der Waals surface area contributed by atoms with E-state index in [-0.39, 0.29) is 23.2 Å². The van der Waals surface area contributed by atoms with E-state index in [1.54, 1.807) is 12.1 Å². The molecule has 1 aromatic carbocycles. The van der Waals surface area contributed by atoms with Crippen molar-refractivity contribution in [2.45, 2.75) is 52.6 Å². The van der Waals surface area contributed by atoms with Gasteiger partial charge in [0.15, 0.2) is 0 Å². The summed E-state index contributed by atoms with van der Waals surface area (Å²) < 4.78 is 5.81. The fourth-order valence-electron chi connectivity index (χ4n) is 3.00. The lowest BCUT2D eigenvalue weighted by Gasteiger charge is -2.27. The van der Waals surface area contributed by atoms with Crippen LogP contribution in [-0.4, -0.2) is 17.2 Å². The van der Waals surface area contributed by atoms with E-state index < -0.39 is 0 Å². The number of rotatable bonds is 2. The lowest BCUT2D eigenvalue weighted by Crippen LogP contribution is -2.25. The standard InChI is InChI=1S/C22H28O3/c1-16-6-5-7-17(2)14-20(15-22(3,4)13-12-16)25-21(24)18-8-10-19(23)11-9-18/h7-13,20,23H,1,5-6,14-15H2,2-4H3. The van der Waals surface area contributed by atoms with Crippen LogP contribution in [0.1, 0.15) is 56.8 Å². The van der Waals surface area contributed by atoms with Crippen LogP contribution >= 0.6 is 0 Å². The molecule has 0 saturated heterocycles.